The molecule has 0 aliphatic heterocycles. The number of halogens is 2. The lowest BCUT2D eigenvalue weighted by atomic mass is 10.1. The molecule has 4 nitrogen and oxygen atoms in total. The first-order chi connectivity index (χ1) is 13.9. The minimum absolute atomic E-state index is 0.381. The second-order valence-corrected chi connectivity index (χ2v) is 7.24. The van der Waals surface area contributed by atoms with E-state index in [2.05, 4.69) is 5.32 Å². The highest BCUT2D eigenvalue weighted by Gasteiger charge is 2.04. The van der Waals surface area contributed by atoms with Crippen molar-refractivity contribution < 1.29 is 9.53 Å². The summed E-state index contributed by atoms with van der Waals surface area (Å²) in [6.45, 7) is 4.84. The SMILES string of the molecule is Cc1ccc(CN)cc1Cl.Cc1ccc(CNC(=O)Oc2ccccc2)cc1Cl. The third-order valence-electron chi connectivity index (χ3n) is 4.10. The summed E-state index contributed by atoms with van der Waals surface area (Å²) in [5, 5.41) is 4.16. The Hall–Kier alpha value is -2.53. The normalized spacial score (nSPS) is 9.97. The summed E-state index contributed by atoms with van der Waals surface area (Å²) in [6, 6.07) is 20.5. The van der Waals surface area contributed by atoms with Crippen molar-refractivity contribution in [1.29, 1.82) is 0 Å². The van der Waals surface area contributed by atoms with E-state index in [9.17, 15) is 4.79 Å². The van der Waals surface area contributed by atoms with Gasteiger partial charge in [0.2, 0.25) is 0 Å². The molecule has 3 aromatic carbocycles. The van der Waals surface area contributed by atoms with Crippen molar-refractivity contribution in [3.8, 4) is 5.75 Å². The second-order valence-electron chi connectivity index (χ2n) is 6.43. The van der Waals surface area contributed by atoms with E-state index < -0.39 is 6.09 Å². The van der Waals surface area contributed by atoms with Gasteiger partial charge in [-0.3, -0.25) is 0 Å². The number of amides is 1. The highest BCUT2D eigenvalue weighted by atomic mass is 35.5. The molecule has 0 spiro atoms. The summed E-state index contributed by atoms with van der Waals surface area (Å²) in [5.41, 5.74) is 9.53. The molecule has 6 heteroatoms. The van der Waals surface area contributed by atoms with Crippen molar-refractivity contribution >= 4 is 29.3 Å². The van der Waals surface area contributed by atoms with Gasteiger partial charge in [0.15, 0.2) is 0 Å². The van der Waals surface area contributed by atoms with Gasteiger partial charge in [0.05, 0.1) is 0 Å². The maximum absolute atomic E-state index is 11.6. The highest BCUT2D eigenvalue weighted by molar-refractivity contribution is 6.31. The highest BCUT2D eigenvalue weighted by Crippen LogP contribution is 2.17. The minimum atomic E-state index is -0.483. The van der Waals surface area contributed by atoms with Crippen LogP contribution in [0.15, 0.2) is 66.7 Å². The Morgan fingerprint density at radius 3 is 2.00 bits per heavy atom. The van der Waals surface area contributed by atoms with E-state index in [0.717, 1.165) is 27.3 Å². The van der Waals surface area contributed by atoms with Gasteiger partial charge in [0, 0.05) is 23.1 Å². The van der Waals surface area contributed by atoms with Crippen LogP contribution in [0.3, 0.4) is 0 Å². The first kappa shape index (κ1) is 22.8. The van der Waals surface area contributed by atoms with E-state index in [0.29, 0.717) is 23.9 Å². The molecule has 3 N–H and O–H groups in total. The topological polar surface area (TPSA) is 64.3 Å². The fourth-order valence-corrected chi connectivity index (χ4v) is 2.72. The second kappa shape index (κ2) is 11.5. The molecule has 0 unspecified atom stereocenters. The molecule has 0 atom stereocenters. The number of carbonyl (C=O) groups excluding carboxylic acids is 1. The molecule has 3 rings (SSSR count). The van der Waals surface area contributed by atoms with E-state index in [1.807, 2.05) is 68.4 Å². The van der Waals surface area contributed by atoms with Crippen molar-refractivity contribution in [1.82, 2.24) is 5.32 Å². The van der Waals surface area contributed by atoms with Crippen molar-refractivity contribution in [2.75, 3.05) is 0 Å². The zero-order chi connectivity index (χ0) is 21.2. The number of hydrogen-bond acceptors (Lipinski definition) is 3. The molecule has 0 aliphatic rings. The molecule has 29 heavy (non-hydrogen) atoms. The van der Waals surface area contributed by atoms with Crippen LogP contribution in [0.1, 0.15) is 22.3 Å². The first-order valence-corrected chi connectivity index (χ1v) is 9.85. The van der Waals surface area contributed by atoms with Crippen molar-refractivity contribution in [2.24, 2.45) is 5.73 Å². The molecule has 0 fully saturated rings. The van der Waals surface area contributed by atoms with Gasteiger partial charge in [-0.05, 0) is 60.4 Å². The lowest BCUT2D eigenvalue weighted by Gasteiger charge is -2.07. The molecular weight excluding hydrogens is 407 g/mol. The fourth-order valence-electron chi connectivity index (χ4n) is 2.32. The average Bonchev–Trinajstić information content (AvgIpc) is 2.72. The molecule has 0 bridgehead atoms. The van der Waals surface area contributed by atoms with Crippen molar-refractivity contribution in [3.63, 3.8) is 0 Å². The number of nitrogens with one attached hydrogen (secondary N) is 1. The van der Waals surface area contributed by atoms with E-state index >= 15 is 0 Å². The smallest absolute Gasteiger partial charge is 0.410 e. The Labute approximate surface area is 181 Å². The van der Waals surface area contributed by atoms with Crippen LogP contribution in [0.5, 0.6) is 5.75 Å². The Bertz CT molecular complexity index is 947. The number of ether oxygens (including phenoxy) is 1. The van der Waals surface area contributed by atoms with E-state index in [-0.39, 0.29) is 0 Å². The Morgan fingerprint density at radius 1 is 0.897 bits per heavy atom. The van der Waals surface area contributed by atoms with Crippen LogP contribution in [0.2, 0.25) is 10.0 Å². The molecule has 0 heterocycles. The Balaban J connectivity index is 0.000000253. The number of hydrogen-bond donors (Lipinski definition) is 2. The molecule has 0 aromatic heterocycles. The minimum Gasteiger partial charge on any atom is -0.410 e. The summed E-state index contributed by atoms with van der Waals surface area (Å²) >= 11 is 11.9. The molecule has 3 aromatic rings. The van der Waals surface area contributed by atoms with E-state index in [4.69, 9.17) is 33.7 Å². The molecule has 152 valence electrons. The van der Waals surface area contributed by atoms with Crippen LogP contribution in [-0.2, 0) is 13.1 Å². The van der Waals surface area contributed by atoms with Crippen LogP contribution < -0.4 is 15.8 Å². The largest absolute Gasteiger partial charge is 0.412 e. The van der Waals surface area contributed by atoms with Gasteiger partial charge in [0.1, 0.15) is 5.75 Å². The first-order valence-electron chi connectivity index (χ1n) is 9.10. The van der Waals surface area contributed by atoms with Crippen LogP contribution >= 0.6 is 23.2 Å². The van der Waals surface area contributed by atoms with E-state index in [1.54, 1.807) is 12.1 Å². The van der Waals surface area contributed by atoms with Crippen molar-refractivity contribution in [2.45, 2.75) is 26.9 Å². The lowest BCUT2D eigenvalue weighted by Crippen LogP contribution is -2.26. The van der Waals surface area contributed by atoms with Gasteiger partial charge in [-0.15, -0.1) is 0 Å². The van der Waals surface area contributed by atoms with Gasteiger partial charge in [-0.2, -0.15) is 0 Å². The zero-order valence-corrected chi connectivity index (χ0v) is 17.9. The standard InChI is InChI=1S/C15H14ClNO2.C8H10ClN/c1-11-7-8-12(9-14(11)16)10-17-15(18)19-13-5-3-2-4-6-13;1-6-2-3-7(5-10)4-8(6)9/h2-9H,10H2,1H3,(H,17,18);2-4H,5,10H2,1H3. The quantitative estimate of drug-likeness (QED) is 0.529. The van der Waals surface area contributed by atoms with Gasteiger partial charge < -0.3 is 15.8 Å². The third-order valence-corrected chi connectivity index (χ3v) is 4.91. The predicted molar refractivity (Wildman–Crippen MR) is 120 cm³/mol. The number of para-hydroxylation sites is 1. The number of nitrogens with two attached hydrogens (primary N) is 1. The maximum atomic E-state index is 11.6. The van der Waals surface area contributed by atoms with Crippen LogP contribution in [0, 0.1) is 13.8 Å². The van der Waals surface area contributed by atoms with Gasteiger partial charge >= 0.3 is 6.09 Å². The monoisotopic (exact) mass is 430 g/mol. The summed E-state index contributed by atoms with van der Waals surface area (Å²) in [5.74, 6) is 0.516. The lowest BCUT2D eigenvalue weighted by molar-refractivity contribution is 0.200. The van der Waals surface area contributed by atoms with Crippen LogP contribution in [0.4, 0.5) is 4.79 Å². The molecular formula is C23H24Cl2N2O2. The number of rotatable bonds is 4. The van der Waals surface area contributed by atoms with E-state index in [1.165, 1.54) is 0 Å². The number of aryl methyl sites for hydroxylation is 2. The third kappa shape index (κ3) is 7.78. The molecule has 0 aliphatic carbocycles. The average molecular weight is 431 g/mol. The van der Waals surface area contributed by atoms with Gasteiger partial charge in [-0.25, -0.2) is 4.79 Å². The Morgan fingerprint density at radius 2 is 1.45 bits per heavy atom. The molecule has 0 radical (unpaired) electrons. The molecule has 0 saturated heterocycles. The predicted octanol–water partition coefficient (Wildman–Crippen LogP) is 6.04. The number of benzene rings is 3. The van der Waals surface area contributed by atoms with Crippen LogP contribution in [0.25, 0.3) is 0 Å². The molecule has 0 saturated carbocycles. The molecule has 1 amide bonds. The number of carbonyl (C=O) groups is 1. The van der Waals surface area contributed by atoms with Crippen molar-refractivity contribution in [3.05, 3.63) is 99.0 Å². The fraction of sp³-hybridized carbons (Fsp3) is 0.174. The van der Waals surface area contributed by atoms with Crippen LogP contribution in [-0.4, -0.2) is 6.09 Å². The maximum Gasteiger partial charge on any atom is 0.412 e. The zero-order valence-electron chi connectivity index (χ0n) is 16.4. The van der Waals surface area contributed by atoms with Gasteiger partial charge in [0.25, 0.3) is 0 Å². The summed E-state index contributed by atoms with van der Waals surface area (Å²) in [7, 11) is 0. The summed E-state index contributed by atoms with van der Waals surface area (Å²) in [4.78, 5) is 11.6. The van der Waals surface area contributed by atoms with Gasteiger partial charge in [-0.1, -0.05) is 65.7 Å². The summed E-state index contributed by atoms with van der Waals surface area (Å²) < 4.78 is 5.11. The Kier molecular flexibility index (Phi) is 9.00. The summed E-state index contributed by atoms with van der Waals surface area (Å²) in [6.07, 6.45) is -0.483.